The third-order valence-corrected chi connectivity index (χ3v) is 2.12. The van der Waals surface area contributed by atoms with E-state index in [-0.39, 0.29) is 17.3 Å². The second-order valence-corrected chi connectivity index (χ2v) is 3.06. The van der Waals surface area contributed by atoms with Crippen LogP contribution in [-0.4, -0.2) is 12.9 Å². The molecule has 0 bridgehead atoms. The van der Waals surface area contributed by atoms with Crippen LogP contribution in [0.2, 0.25) is 0 Å². The zero-order valence-electron chi connectivity index (χ0n) is 9.71. The van der Waals surface area contributed by atoms with E-state index in [2.05, 4.69) is 12.8 Å². The summed E-state index contributed by atoms with van der Waals surface area (Å²) in [6.45, 7) is 3.29. The minimum atomic E-state index is -0.375. The van der Waals surface area contributed by atoms with E-state index in [0.29, 0.717) is 17.5 Å². The smallest absolute Gasteiger partial charge is 0.168 e. The molecular weight excluding hydrogens is 207 g/mol. The molecule has 0 aliphatic carbocycles. The lowest BCUT2D eigenvalue weighted by molar-refractivity contribution is 0.101. The first-order valence-corrected chi connectivity index (χ1v) is 4.80. The first-order chi connectivity index (χ1) is 7.60. The van der Waals surface area contributed by atoms with Gasteiger partial charge in [-0.25, -0.2) is 4.39 Å². The first-order valence-electron chi connectivity index (χ1n) is 4.80. The topological polar surface area (TPSA) is 26.3 Å². The summed E-state index contributed by atoms with van der Waals surface area (Å²) in [5.41, 5.74) is 0.995. The molecule has 2 nitrogen and oxygen atoms in total. The highest BCUT2D eigenvalue weighted by atomic mass is 19.1. The second-order valence-electron chi connectivity index (χ2n) is 3.06. The molecule has 0 heterocycles. The van der Waals surface area contributed by atoms with Crippen molar-refractivity contribution in [3.05, 3.63) is 29.1 Å². The van der Waals surface area contributed by atoms with Gasteiger partial charge in [-0.2, -0.15) is 0 Å². The van der Waals surface area contributed by atoms with E-state index in [1.807, 2.05) is 6.92 Å². The van der Waals surface area contributed by atoms with Crippen molar-refractivity contribution in [3.63, 3.8) is 0 Å². The monoisotopic (exact) mass is 222 g/mol. The SMILES string of the molecule is C#C.CCc1cc(C(C)=O)cc(OC)c1F. The number of benzene rings is 1. The molecule has 0 radical (unpaired) electrons. The normalized spacial score (nSPS) is 8.88. The molecule has 0 spiro atoms. The fourth-order valence-electron chi connectivity index (χ4n) is 1.26. The molecule has 0 aromatic heterocycles. The Labute approximate surface area is 95.4 Å². The maximum absolute atomic E-state index is 13.5. The van der Waals surface area contributed by atoms with E-state index >= 15 is 0 Å². The molecule has 0 saturated heterocycles. The van der Waals surface area contributed by atoms with Gasteiger partial charge in [-0.3, -0.25) is 4.79 Å². The van der Waals surface area contributed by atoms with E-state index in [0.717, 1.165) is 0 Å². The van der Waals surface area contributed by atoms with Gasteiger partial charge in [-0.1, -0.05) is 6.92 Å². The lowest BCUT2D eigenvalue weighted by Gasteiger charge is -2.08. The van der Waals surface area contributed by atoms with Crippen molar-refractivity contribution in [2.75, 3.05) is 7.11 Å². The lowest BCUT2D eigenvalue weighted by atomic mass is 10.0. The molecule has 16 heavy (non-hydrogen) atoms. The molecule has 0 saturated carbocycles. The highest BCUT2D eigenvalue weighted by Gasteiger charge is 2.11. The molecule has 86 valence electrons. The molecule has 0 aliphatic rings. The summed E-state index contributed by atoms with van der Waals surface area (Å²) >= 11 is 0. The van der Waals surface area contributed by atoms with E-state index in [1.54, 1.807) is 6.07 Å². The number of carbonyl (C=O) groups excluding carboxylic acids is 1. The van der Waals surface area contributed by atoms with Gasteiger partial charge < -0.3 is 4.74 Å². The van der Waals surface area contributed by atoms with E-state index in [9.17, 15) is 9.18 Å². The molecule has 0 N–H and O–H groups in total. The molecule has 1 aromatic rings. The van der Waals surface area contributed by atoms with Crippen molar-refractivity contribution < 1.29 is 13.9 Å². The summed E-state index contributed by atoms with van der Waals surface area (Å²) in [6, 6.07) is 3.00. The van der Waals surface area contributed by atoms with Crippen LogP contribution >= 0.6 is 0 Å². The van der Waals surface area contributed by atoms with Crippen LogP contribution in [0.3, 0.4) is 0 Å². The third-order valence-electron chi connectivity index (χ3n) is 2.12. The number of ether oxygens (including phenoxy) is 1. The average Bonchev–Trinajstić information content (AvgIpc) is 2.31. The van der Waals surface area contributed by atoms with Crippen molar-refractivity contribution in [2.24, 2.45) is 0 Å². The van der Waals surface area contributed by atoms with Gasteiger partial charge in [0.1, 0.15) is 0 Å². The second kappa shape index (κ2) is 6.62. The van der Waals surface area contributed by atoms with Gasteiger partial charge in [-0.15, -0.1) is 12.8 Å². The maximum Gasteiger partial charge on any atom is 0.168 e. The van der Waals surface area contributed by atoms with Crippen LogP contribution in [0.5, 0.6) is 5.75 Å². The summed E-state index contributed by atoms with van der Waals surface area (Å²) < 4.78 is 18.3. The highest BCUT2D eigenvalue weighted by Crippen LogP contribution is 2.23. The van der Waals surface area contributed by atoms with Gasteiger partial charge in [0.2, 0.25) is 0 Å². The number of hydrogen-bond donors (Lipinski definition) is 0. The van der Waals surface area contributed by atoms with Gasteiger partial charge in [-0.05, 0) is 31.0 Å². The summed E-state index contributed by atoms with van der Waals surface area (Å²) in [4.78, 5) is 11.1. The van der Waals surface area contributed by atoms with Crippen molar-refractivity contribution >= 4 is 5.78 Å². The first kappa shape index (κ1) is 14.2. The van der Waals surface area contributed by atoms with Crippen LogP contribution in [0.15, 0.2) is 12.1 Å². The van der Waals surface area contributed by atoms with Crippen molar-refractivity contribution in [3.8, 4) is 18.6 Å². The summed E-state index contributed by atoms with van der Waals surface area (Å²) in [5, 5.41) is 0. The molecular formula is C13H15FO2. The predicted molar refractivity (Wildman–Crippen MR) is 62.2 cm³/mol. The number of halogens is 1. The molecule has 1 aromatic carbocycles. The Balaban J connectivity index is 0.00000106. The van der Waals surface area contributed by atoms with Crippen molar-refractivity contribution in [1.82, 2.24) is 0 Å². The largest absolute Gasteiger partial charge is 0.494 e. The van der Waals surface area contributed by atoms with E-state index < -0.39 is 0 Å². The number of carbonyl (C=O) groups is 1. The van der Waals surface area contributed by atoms with Gasteiger partial charge in [0.15, 0.2) is 17.3 Å². The molecule has 0 unspecified atom stereocenters. The molecule has 3 heteroatoms. The standard InChI is InChI=1S/C11H13FO2.C2H2/c1-4-8-5-9(7(2)13)6-10(14-3)11(8)12;1-2/h5-6H,4H2,1-3H3;1-2H. The number of hydrogen-bond acceptors (Lipinski definition) is 2. The Morgan fingerprint density at radius 1 is 1.44 bits per heavy atom. The predicted octanol–water partition coefficient (Wildman–Crippen LogP) is 2.85. The van der Waals surface area contributed by atoms with Crippen molar-refractivity contribution in [2.45, 2.75) is 20.3 Å². The minimum absolute atomic E-state index is 0.0852. The average molecular weight is 222 g/mol. The Morgan fingerprint density at radius 2 is 2.00 bits per heavy atom. The number of Topliss-reactive ketones (excluding diaryl/α,β-unsaturated/α-hetero) is 1. The van der Waals surface area contributed by atoms with Crippen molar-refractivity contribution in [1.29, 1.82) is 0 Å². The highest BCUT2D eigenvalue weighted by molar-refractivity contribution is 5.94. The molecule has 0 atom stereocenters. The molecule has 0 aliphatic heterocycles. The molecule has 0 amide bonds. The number of terminal acetylenes is 1. The summed E-state index contributed by atoms with van der Waals surface area (Å²) in [5.74, 6) is -0.326. The number of methoxy groups -OCH3 is 1. The summed E-state index contributed by atoms with van der Waals surface area (Å²) in [6.07, 6.45) is 8.54. The lowest BCUT2D eigenvalue weighted by Crippen LogP contribution is -2.00. The number of aryl methyl sites for hydroxylation is 1. The van der Waals surface area contributed by atoms with E-state index in [1.165, 1.54) is 20.1 Å². The Morgan fingerprint density at radius 3 is 2.38 bits per heavy atom. The quantitative estimate of drug-likeness (QED) is 0.580. The molecule has 1 rings (SSSR count). The third kappa shape index (κ3) is 3.09. The Hall–Kier alpha value is -1.82. The zero-order chi connectivity index (χ0) is 12.7. The maximum atomic E-state index is 13.5. The van der Waals surface area contributed by atoms with Crippen LogP contribution in [0.4, 0.5) is 4.39 Å². The number of rotatable bonds is 3. The zero-order valence-corrected chi connectivity index (χ0v) is 9.71. The number of ketones is 1. The van der Waals surface area contributed by atoms with Gasteiger partial charge >= 0.3 is 0 Å². The minimum Gasteiger partial charge on any atom is -0.494 e. The van der Waals surface area contributed by atoms with Crippen LogP contribution in [0, 0.1) is 18.7 Å². The van der Waals surface area contributed by atoms with Crippen LogP contribution in [0.25, 0.3) is 0 Å². The van der Waals surface area contributed by atoms with Gasteiger partial charge in [0.05, 0.1) is 7.11 Å². The van der Waals surface area contributed by atoms with Gasteiger partial charge in [0.25, 0.3) is 0 Å². The van der Waals surface area contributed by atoms with Crippen LogP contribution in [-0.2, 0) is 6.42 Å². The van der Waals surface area contributed by atoms with E-state index in [4.69, 9.17) is 4.74 Å². The fourth-order valence-corrected chi connectivity index (χ4v) is 1.26. The Kier molecular flexibility index (Phi) is 5.87. The Bertz CT molecular complexity index is 369. The fraction of sp³-hybridized carbons (Fsp3) is 0.308. The van der Waals surface area contributed by atoms with Crippen LogP contribution < -0.4 is 4.74 Å². The molecule has 0 fully saturated rings. The van der Waals surface area contributed by atoms with Gasteiger partial charge in [0, 0.05) is 5.56 Å². The van der Waals surface area contributed by atoms with Crippen LogP contribution in [0.1, 0.15) is 29.8 Å². The summed E-state index contributed by atoms with van der Waals surface area (Å²) in [7, 11) is 1.39.